The predicted molar refractivity (Wildman–Crippen MR) is 136 cm³/mol. The molecule has 0 aliphatic heterocycles. The largest absolute Gasteiger partial charge is 0.462 e. The minimum absolute atomic E-state index is 0.0210. The molecule has 9 heteroatoms. The van der Waals surface area contributed by atoms with E-state index in [0.717, 1.165) is 38.5 Å². The second-order valence-corrected chi connectivity index (χ2v) is 11.8. The molecule has 4 aliphatic carbocycles. The number of rotatable bonds is 5. The molecule has 0 saturated heterocycles. The van der Waals surface area contributed by atoms with Gasteiger partial charge in [0.2, 0.25) is 0 Å². The minimum atomic E-state index is -1.52. The lowest BCUT2D eigenvalue weighted by Gasteiger charge is -2.58. The molecule has 37 heavy (non-hydrogen) atoms. The van der Waals surface area contributed by atoms with Crippen LogP contribution in [-0.4, -0.2) is 53.3 Å². The van der Waals surface area contributed by atoms with Gasteiger partial charge in [-0.15, -0.1) is 0 Å². The number of amides is 1. The maximum absolute atomic E-state index is 12.3. The summed E-state index contributed by atoms with van der Waals surface area (Å²) in [5.74, 6) is 0.173. The third-order valence-electron chi connectivity index (χ3n) is 10.0. The van der Waals surface area contributed by atoms with Crippen molar-refractivity contribution in [3.63, 3.8) is 0 Å². The summed E-state index contributed by atoms with van der Waals surface area (Å²) in [7, 11) is 0. The molecule has 3 saturated carbocycles. The normalized spacial score (nSPS) is 40.9. The summed E-state index contributed by atoms with van der Waals surface area (Å²) >= 11 is 0. The highest BCUT2D eigenvalue weighted by molar-refractivity contribution is 5.93. The van der Waals surface area contributed by atoms with E-state index in [9.17, 15) is 19.5 Å². The molecule has 4 rings (SSSR count). The first kappa shape index (κ1) is 27.6. The molecule has 1 amide bonds. The second-order valence-electron chi connectivity index (χ2n) is 11.8. The van der Waals surface area contributed by atoms with E-state index in [1.165, 1.54) is 19.4 Å². The van der Waals surface area contributed by atoms with Gasteiger partial charge in [0.15, 0.2) is 0 Å². The highest BCUT2D eigenvalue weighted by Gasteiger charge is 2.69. The van der Waals surface area contributed by atoms with Crippen LogP contribution >= 0.6 is 0 Å². The Labute approximate surface area is 219 Å². The summed E-state index contributed by atoms with van der Waals surface area (Å²) in [5.41, 5.74) is 1.98. The first-order valence-electron chi connectivity index (χ1n) is 13.6. The van der Waals surface area contributed by atoms with Gasteiger partial charge in [-0.3, -0.25) is 9.59 Å². The molecule has 0 aromatic rings. The van der Waals surface area contributed by atoms with Crippen LogP contribution in [0.25, 0.3) is 0 Å². The molecule has 4 aliphatic rings. The number of carbonyl (C=O) groups excluding carboxylic acids is 3. The molecular weight excluding hydrogens is 476 g/mol. The number of hydrazone groups is 1. The van der Waals surface area contributed by atoms with E-state index < -0.39 is 29.2 Å². The van der Waals surface area contributed by atoms with E-state index in [4.69, 9.17) is 14.2 Å². The molecule has 0 bridgehead atoms. The zero-order valence-electron chi connectivity index (χ0n) is 23.0. The number of hydrogen-bond acceptors (Lipinski definition) is 8. The van der Waals surface area contributed by atoms with Crippen LogP contribution in [0.1, 0.15) is 86.5 Å². The number of nitrogens with zero attached hydrogens (tertiary/aromatic N) is 1. The fourth-order valence-corrected chi connectivity index (χ4v) is 8.32. The Morgan fingerprint density at radius 2 is 1.78 bits per heavy atom. The number of esters is 2. The van der Waals surface area contributed by atoms with Gasteiger partial charge in [-0.2, -0.15) is 5.10 Å². The predicted octanol–water partition coefficient (Wildman–Crippen LogP) is 4.28. The fourth-order valence-electron chi connectivity index (χ4n) is 8.32. The lowest BCUT2D eigenvalue weighted by Crippen LogP contribution is -2.60. The number of fused-ring (bicyclic) bond motifs is 5. The van der Waals surface area contributed by atoms with Crippen LogP contribution in [0.3, 0.4) is 0 Å². The van der Waals surface area contributed by atoms with Crippen molar-refractivity contribution in [1.29, 1.82) is 0 Å². The lowest BCUT2D eigenvalue weighted by molar-refractivity contribution is -0.161. The molecule has 0 spiro atoms. The molecule has 0 aromatic carbocycles. The zero-order valence-corrected chi connectivity index (χ0v) is 23.0. The first-order chi connectivity index (χ1) is 17.4. The molecule has 0 unspecified atom stereocenters. The van der Waals surface area contributed by atoms with Crippen molar-refractivity contribution >= 4 is 23.7 Å². The summed E-state index contributed by atoms with van der Waals surface area (Å²) in [6, 6.07) is 0. The van der Waals surface area contributed by atoms with E-state index in [-0.39, 0.29) is 30.0 Å². The van der Waals surface area contributed by atoms with Crippen LogP contribution in [0, 0.1) is 28.6 Å². The SMILES string of the molecule is CCOC(=O)N/N=C(/C)[C@@]1(O)[C@H](OC(C)=O)C[C@H]2[C@H]3CC=C4C[C@@H](OC(C)=O)CC[C@]4(C)[C@@H]3CC[C@@]21C. The van der Waals surface area contributed by atoms with Crippen LogP contribution in [0.5, 0.6) is 0 Å². The summed E-state index contributed by atoms with van der Waals surface area (Å²) in [6.45, 7) is 10.8. The van der Waals surface area contributed by atoms with Crippen LogP contribution in [0.15, 0.2) is 16.8 Å². The minimum Gasteiger partial charge on any atom is -0.462 e. The van der Waals surface area contributed by atoms with Crippen molar-refractivity contribution in [3.05, 3.63) is 11.6 Å². The topological polar surface area (TPSA) is 124 Å². The van der Waals surface area contributed by atoms with Gasteiger partial charge in [0, 0.05) is 25.7 Å². The Balaban J connectivity index is 1.65. The van der Waals surface area contributed by atoms with Gasteiger partial charge in [-0.05, 0) is 75.5 Å². The van der Waals surface area contributed by atoms with Gasteiger partial charge >= 0.3 is 18.0 Å². The average Bonchev–Trinajstić information content (AvgIpc) is 3.05. The third kappa shape index (κ3) is 4.57. The van der Waals surface area contributed by atoms with Crippen molar-refractivity contribution in [2.45, 2.75) is 104 Å². The van der Waals surface area contributed by atoms with Crippen LogP contribution in [-0.2, 0) is 23.8 Å². The fraction of sp³-hybridized carbons (Fsp3) is 0.786. The Hall–Kier alpha value is -2.42. The molecular formula is C28H42N2O7. The van der Waals surface area contributed by atoms with E-state index in [1.54, 1.807) is 13.8 Å². The molecule has 0 aromatic heterocycles. The van der Waals surface area contributed by atoms with Crippen molar-refractivity contribution in [2.24, 2.45) is 33.7 Å². The lowest BCUT2D eigenvalue weighted by atomic mass is 9.46. The third-order valence-corrected chi connectivity index (χ3v) is 10.0. The summed E-state index contributed by atoms with van der Waals surface area (Å²) < 4.78 is 16.2. The van der Waals surface area contributed by atoms with Gasteiger partial charge in [0.1, 0.15) is 17.8 Å². The van der Waals surface area contributed by atoms with Gasteiger partial charge in [0.05, 0.1) is 12.3 Å². The molecule has 9 nitrogen and oxygen atoms in total. The van der Waals surface area contributed by atoms with Crippen molar-refractivity contribution in [3.8, 4) is 0 Å². The van der Waals surface area contributed by atoms with Crippen LogP contribution in [0.2, 0.25) is 0 Å². The number of carbonyl (C=O) groups is 3. The molecule has 8 atom stereocenters. The molecule has 2 N–H and O–H groups in total. The summed E-state index contributed by atoms with van der Waals surface area (Å²) in [4.78, 5) is 35.5. The Morgan fingerprint density at radius 3 is 2.43 bits per heavy atom. The van der Waals surface area contributed by atoms with Gasteiger partial charge in [0.25, 0.3) is 0 Å². The standard InChI is InChI=1S/C28H42N2O7/c1-7-35-25(33)30-29-16(2)28(34)24(37-18(4)32)15-23-21-9-8-19-14-20(36-17(3)31)10-12-26(19,5)22(21)11-13-27(23,28)6/h8,20-24,34H,7,9-15H2,1-6H3,(H,30,33)/b29-16-/t20-,21-,22+,23-,24+,26-,27-,28+/m0/s1. The van der Waals surface area contributed by atoms with Crippen LogP contribution < -0.4 is 5.43 Å². The number of allylic oxidation sites excluding steroid dienone is 1. The maximum atomic E-state index is 12.3. The van der Waals surface area contributed by atoms with Crippen molar-refractivity contribution in [2.75, 3.05) is 6.61 Å². The number of aliphatic hydroxyl groups is 1. The summed E-state index contributed by atoms with van der Waals surface area (Å²) in [5, 5.41) is 16.5. The van der Waals surface area contributed by atoms with Gasteiger partial charge in [-0.25, -0.2) is 10.2 Å². The number of nitrogens with one attached hydrogen (secondary N) is 1. The van der Waals surface area contributed by atoms with Crippen molar-refractivity contribution in [1.82, 2.24) is 5.43 Å². The van der Waals surface area contributed by atoms with Gasteiger partial charge in [-0.1, -0.05) is 25.5 Å². The van der Waals surface area contributed by atoms with E-state index in [1.807, 2.05) is 0 Å². The zero-order chi connectivity index (χ0) is 27.2. The van der Waals surface area contributed by atoms with E-state index >= 15 is 0 Å². The Bertz CT molecular complexity index is 1010. The van der Waals surface area contributed by atoms with Gasteiger partial charge < -0.3 is 19.3 Å². The van der Waals surface area contributed by atoms with Crippen LogP contribution in [0.4, 0.5) is 4.79 Å². The Kier molecular flexibility index (Phi) is 7.49. The molecule has 206 valence electrons. The van der Waals surface area contributed by atoms with E-state index in [2.05, 4.69) is 30.5 Å². The quantitative estimate of drug-likeness (QED) is 0.183. The highest BCUT2D eigenvalue weighted by atomic mass is 16.6. The molecule has 0 radical (unpaired) electrons. The highest BCUT2D eigenvalue weighted by Crippen LogP contribution is 2.67. The monoisotopic (exact) mass is 518 g/mol. The smallest absolute Gasteiger partial charge is 0.427 e. The number of ether oxygens (including phenoxy) is 3. The van der Waals surface area contributed by atoms with Crippen molar-refractivity contribution < 1.29 is 33.7 Å². The van der Waals surface area contributed by atoms with E-state index in [0.29, 0.717) is 24.0 Å². The second kappa shape index (κ2) is 10.0. The molecule has 0 heterocycles. The maximum Gasteiger partial charge on any atom is 0.427 e. The number of hydrogen-bond donors (Lipinski definition) is 2. The summed E-state index contributed by atoms with van der Waals surface area (Å²) in [6.07, 6.45) is 6.51. The Morgan fingerprint density at radius 1 is 1.08 bits per heavy atom. The average molecular weight is 519 g/mol. The first-order valence-corrected chi connectivity index (χ1v) is 13.6. The molecule has 3 fully saturated rings.